The van der Waals surface area contributed by atoms with Crippen molar-refractivity contribution in [2.75, 3.05) is 0 Å². The molecule has 0 aromatic carbocycles. The van der Waals surface area contributed by atoms with Crippen LogP contribution in [0.1, 0.15) is 13.8 Å². The molecule has 0 fully saturated rings. The molecule has 0 heterocycles. The predicted molar refractivity (Wildman–Crippen MR) is 65.5 cm³/mol. The molecule has 74 valence electrons. The van der Waals surface area contributed by atoms with Crippen molar-refractivity contribution in [1.82, 2.24) is 0 Å². The van der Waals surface area contributed by atoms with Gasteiger partial charge >= 0.3 is 0 Å². The van der Waals surface area contributed by atoms with Crippen LogP contribution in [0.15, 0.2) is 0 Å². The molecule has 0 bridgehead atoms. The molecule has 0 rings (SSSR count). The SMILES string of the molecule is CC(C(C)[Si](C)(C)Cl)[Si](C)(C)Cl. The quantitative estimate of drug-likeness (QED) is 0.500. The molecular formula is C8H20Cl2Si2. The standard InChI is InChI=1S/C8H20Cl2Si2/c1-7(11(3,4)9)8(2)12(5,6)10/h7-8H,1-6H3. The maximum Gasteiger partial charge on any atom is 0.153 e. The van der Waals surface area contributed by atoms with E-state index in [9.17, 15) is 0 Å². The molecule has 0 aliphatic carbocycles. The highest BCUT2D eigenvalue weighted by Gasteiger charge is 2.38. The Labute approximate surface area is 88.1 Å². The predicted octanol–water partition coefficient (Wildman–Crippen LogP) is 4.65. The maximum absolute atomic E-state index is 6.39. The number of hydrogen-bond donors (Lipinski definition) is 0. The minimum absolute atomic E-state index is 0.610. The molecule has 0 aromatic heterocycles. The summed E-state index contributed by atoms with van der Waals surface area (Å²) in [5.74, 6) is 0. The highest BCUT2D eigenvalue weighted by atomic mass is 35.6. The number of rotatable bonds is 3. The normalized spacial score (nSPS) is 19.0. The summed E-state index contributed by atoms with van der Waals surface area (Å²) in [7, 11) is -3.02. The van der Waals surface area contributed by atoms with Crippen molar-refractivity contribution in [3.63, 3.8) is 0 Å². The van der Waals surface area contributed by atoms with Gasteiger partial charge in [-0.25, -0.2) is 0 Å². The Morgan fingerprint density at radius 3 is 1.00 bits per heavy atom. The van der Waals surface area contributed by atoms with Crippen molar-refractivity contribution >= 4 is 36.9 Å². The Balaban J connectivity index is 4.41. The van der Waals surface area contributed by atoms with Crippen LogP contribution in [0.2, 0.25) is 37.3 Å². The van der Waals surface area contributed by atoms with Crippen LogP contribution in [0.25, 0.3) is 0 Å². The van der Waals surface area contributed by atoms with Gasteiger partial charge in [0.15, 0.2) is 14.8 Å². The lowest BCUT2D eigenvalue weighted by molar-refractivity contribution is 0.825. The number of hydrogen-bond acceptors (Lipinski definition) is 0. The van der Waals surface area contributed by atoms with E-state index in [1.165, 1.54) is 0 Å². The van der Waals surface area contributed by atoms with Crippen molar-refractivity contribution in [2.45, 2.75) is 51.1 Å². The van der Waals surface area contributed by atoms with Crippen LogP contribution in [0, 0.1) is 0 Å². The van der Waals surface area contributed by atoms with Crippen LogP contribution in [0.3, 0.4) is 0 Å². The topological polar surface area (TPSA) is 0 Å². The molecule has 0 N–H and O–H groups in total. The van der Waals surface area contributed by atoms with E-state index >= 15 is 0 Å². The van der Waals surface area contributed by atoms with Crippen molar-refractivity contribution in [2.24, 2.45) is 0 Å². The molecule has 2 atom stereocenters. The Morgan fingerprint density at radius 2 is 0.917 bits per heavy atom. The summed E-state index contributed by atoms with van der Waals surface area (Å²) in [6.07, 6.45) is 0. The molecular weight excluding hydrogens is 223 g/mol. The molecule has 0 radical (unpaired) electrons. The molecule has 2 unspecified atom stereocenters. The van der Waals surface area contributed by atoms with E-state index in [1.54, 1.807) is 0 Å². The molecule has 0 aromatic rings. The maximum atomic E-state index is 6.39. The summed E-state index contributed by atoms with van der Waals surface area (Å²) >= 11 is 12.8. The fourth-order valence-corrected chi connectivity index (χ4v) is 7.83. The monoisotopic (exact) mass is 242 g/mol. The summed E-state index contributed by atoms with van der Waals surface area (Å²) in [5.41, 5.74) is 1.22. The van der Waals surface area contributed by atoms with Gasteiger partial charge in [-0.3, -0.25) is 0 Å². The first-order valence-corrected chi connectivity index (χ1v) is 12.6. The minimum atomic E-state index is -1.51. The van der Waals surface area contributed by atoms with E-state index < -0.39 is 14.8 Å². The zero-order valence-corrected chi connectivity index (χ0v) is 12.4. The fourth-order valence-electron chi connectivity index (χ4n) is 1.19. The molecule has 0 amide bonds. The molecule has 0 saturated heterocycles. The summed E-state index contributed by atoms with van der Waals surface area (Å²) in [6.45, 7) is 13.3. The van der Waals surface area contributed by atoms with Crippen molar-refractivity contribution in [1.29, 1.82) is 0 Å². The van der Waals surface area contributed by atoms with E-state index in [1.807, 2.05) is 0 Å². The van der Waals surface area contributed by atoms with Crippen LogP contribution in [0.5, 0.6) is 0 Å². The van der Waals surface area contributed by atoms with Gasteiger partial charge in [0, 0.05) is 0 Å². The molecule has 4 heteroatoms. The van der Waals surface area contributed by atoms with Crippen LogP contribution in [-0.4, -0.2) is 14.8 Å². The van der Waals surface area contributed by atoms with Gasteiger partial charge in [0.05, 0.1) is 0 Å². The first-order chi connectivity index (χ1) is 5.07. The van der Waals surface area contributed by atoms with E-state index in [2.05, 4.69) is 40.0 Å². The van der Waals surface area contributed by atoms with Gasteiger partial charge in [-0.2, -0.15) is 22.2 Å². The minimum Gasteiger partial charge on any atom is -0.167 e. The van der Waals surface area contributed by atoms with Crippen LogP contribution in [0.4, 0.5) is 0 Å². The first-order valence-electron chi connectivity index (χ1n) is 4.44. The average molecular weight is 243 g/mol. The van der Waals surface area contributed by atoms with Crippen molar-refractivity contribution < 1.29 is 0 Å². The second-order valence-electron chi connectivity index (χ2n) is 4.71. The van der Waals surface area contributed by atoms with E-state index in [-0.39, 0.29) is 0 Å². The van der Waals surface area contributed by atoms with Crippen LogP contribution >= 0.6 is 22.2 Å². The Bertz CT molecular complexity index is 128. The summed E-state index contributed by atoms with van der Waals surface area (Å²) in [4.78, 5) is 0. The molecule has 0 aliphatic heterocycles. The van der Waals surface area contributed by atoms with Gasteiger partial charge in [0.25, 0.3) is 0 Å². The summed E-state index contributed by atoms with van der Waals surface area (Å²) in [5, 5.41) is 0. The van der Waals surface area contributed by atoms with E-state index in [4.69, 9.17) is 22.2 Å². The Hall–Kier alpha value is 1.01. The zero-order valence-electron chi connectivity index (χ0n) is 8.91. The molecule has 0 aliphatic rings. The van der Waals surface area contributed by atoms with Crippen LogP contribution < -0.4 is 0 Å². The third kappa shape index (κ3) is 3.82. The van der Waals surface area contributed by atoms with Crippen molar-refractivity contribution in [3.05, 3.63) is 0 Å². The van der Waals surface area contributed by atoms with Crippen molar-refractivity contribution in [3.8, 4) is 0 Å². The van der Waals surface area contributed by atoms with Gasteiger partial charge in [-0.1, -0.05) is 40.0 Å². The molecule has 12 heavy (non-hydrogen) atoms. The van der Waals surface area contributed by atoms with Gasteiger partial charge < -0.3 is 0 Å². The van der Waals surface area contributed by atoms with E-state index in [0.717, 1.165) is 0 Å². The smallest absolute Gasteiger partial charge is 0.153 e. The lowest BCUT2D eigenvalue weighted by atomic mass is 10.3. The number of halogens is 2. The Kier molecular flexibility index (Phi) is 4.37. The van der Waals surface area contributed by atoms with Gasteiger partial charge in [0.2, 0.25) is 0 Å². The van der Waals surface area contributed by atoms with Crippen LogP contribution in [-0.2, 0) is 0 Å². The van der Waals surface area contributed by atoms with Gasteiger partial charge in [-0.05, 0) is 11.1 Å². The lowest BCUT2D eigenvalue weighted by Crippen LogP contribution is -2.35. The third-order valence-corrected chi connectivity index (χ3v) is 10.6. The second-order valence-corrected chi connectivity index (χ2v) is 18.6. The molecule has 0 saturated carbocycles. The highest BCUT2D eigenvalue weighted by Crippen LogP contribution is 2.42. The summed E-state index contributed by atoms with van der Waals surface area (Å²) in [6, 6.07) is 0. The third-order valence-electron chi connectivity index (χ3n) is 2.92. The fraction of sp³-hybridized carbons (Fsp3) is 1.00. The Morgan fingerprint density at radius 1 is 0.750 bits per heavy atom. The van der Waals surface area contributed by atoms with Gasteiger partial charge in [-0.15, -0.1) is 0 Å². The average Bonchev–Trinajstić information content (AvgIpc) is 1.80. The lowest BCUT2D eigenvalue weighted by Gasteiger charge is -2.34. The van der Waals surface area contributed by atoms with E-state index in [0.29, 0.717) is 11.1 Å². The second kappa shape index (κ2) is 4.03. The van der Waals surface area contributed by atoms with Gasteiger partial charge in [0.1, 0.15) is 0 Å². The first kappa shape index (κ1) is 13.0. The molecule has 0 spiro atoms. The molecule has 0 nitrogen and oxygen atoms in total. The highest BCUT2D eigenvalue weighted by molar-refractivity contribution is 7.23. The zero-order chi connectivity index (χ0) is 10.2. The summed E-state index contributed by atoms with van der Waals surface area (Å²) < 4.78 is 0. The largest absolute Gasteiger partial charge is 0.167 e.